The summed E-state index contributed by atoms with van der Waals surface area (Å²) in [5, 5.41) is 3.87. The summed E-state index contributed by atoms with van der Waals surface area (Å²) in [6.07, 6.45) is 0. The lowest BCUT2D eigenvalue weighted by molar-refractivity contribution is 0.627. The number of anilines is 6. The van der Waals surface area contributed by atoms with Crippen molar-refractivity contribution in [2.24, 2.45) is 0 Å². The minimum Gasteiger partial charge on any atom is -0.455 e. The second kappa shape index (κ2) is 21.6. The van der Waals surface area contributed by atoms with E-state index in [0.717, 1.165) is 145 Å². The van der Waals surface area contributed by atoms with E-state index in [9.17, 15) is 0 Å². The second-order valence-electron chi connectivity index (χ2n) is 22.5. The maximum absolute atomic E-state index is 15.6. The molecule has 3 nitrogen and oxygen atoms in total. The summed E-state index contributed by atoms with van der Waals surface area (Å²) >= 11 is 0. The van der Waals surface area contributed by atoms with Crippen LogP contribution < -0.4 is 9.80 Å². The molecule has 0 saturated carbocycles. The minimum absolute atomic E-state index is 0.323. The topological polar surface area (TPSA) is 19.6 Å². The first kappa shape index (κ1) is 52.2. The van der Waals surface area contributed by atoms with Crippen molar-refractivity contribution in [3.05, 3.63) is 361 Å². The molecule has 0 unspecified atom stereocenters. The summed E-state index contributed by atoms with van der Waals surface area (Å²) in [6, 6.07) is 113. The Balaban J connectivity index is 1.06. The fraction of sp³-hybridized carbons (Fsp3) is 0.0120. The zero-order chi connectivity index (χ0) is 58.7. The minimum atomic E-state index is -1.02. The molecule has 14 aromatic carbocycles. The first-order valence-electron chi connectivity index (χ1n) is 29.8. The highest BCUT2D eigenvalue weighted by Crippen LogP contribution is 2.64. The van der Waals surface area contributed by atoms with E-state index in [2.05, 4.69) is 259 Å². The Hall–Kier alpha value is -11.4. The molecule has 0 N–H and O–H groups in total. The van der Waals surface area contributed by atoms with E-state index in [1.807, 2.05) is 54.6 Å². The van der Waals surface area contributed by atoms with Crippen LogP contribution in [0.25, 0.3) is 88.3 Å². The average Bonchev–Trinajstić information content (AvgIpc) is 1.50. The van der Waals surface area contributed by atoms with E-state index in [4.69, 9.17) is 4.42 Å². The maximum Gasteiger partial charge on any atom is 0.145 e. The largest absolute Gasteiger partial charge is 0.455 e. The van der Waals surface area contributed by atoms with Crippen molar-refractivity contribution >= 4 is 66.8 Å². The molecule has 1 heterocycles. The van der Waals surface area contributed by atoms with Gasteiger partial charge in [-0.15, -0.1) is 0 Å². The molecular weight excluding hydrogens is 1080 g/mol. The highest BCUT2D eigenvalue weighted by Gasteiger charge is 2.50. The molecule has 1 aromatic heterocycles. The van der Waals surface area contributed by atoms with Crippen LogP contribution in [0.2, 0.25) is 0 Å². The lowest BCUT2D eigenvalue weighted by Gasteiger charge is -2.36. The molecule has 0 fully saturated rings. The van der Waals surface area contributed by atoms with Crippen LogP contribution in [0.5, 0.6) is 0 Å². The van der Waals surface area contributed by atoms with Gasteiger partial charge < -0.3 is 14.2 Å². The summed E-state index contributed by atoms with van der Waals surface area (Å²) in [5.74, 6) is -0.654. The predicted octanol–water partition coefficient (Wildman–Crippen LogP) is 23.0. The molecule has 0 spiro atoms. The third kappa shape index (κ3) is 8.61. The van der Waals surface area contributed by atoms with Crippen LogP contribution in [0.1, 0.15) is 22.3 Å². The highest BCUT2D eigenvalue weighted by molar-refractivity contribution is 6.23. The van der Waals surface area contributed by atoms with Gasteiger partial charge in [-0.3, -0.25) is 0 Å². The van der Waals surface area contributed by atoms with Crippen molar-refractivity contribution in [3.8, 4) is 55.6 Å². The molecule has 88 heavy (non-hydrogen) atoms. The quantitative estimate of drug-likeness (QED) is 0.122. The lowest BCUT2D eigenvalue weighted by atomic mass is 9.67. The number of benzene rings is 14. The monoisotopic (exact) mass is 1130 g/mol. The van der Waals surface area contributed by atoms with Gasteiger partial charge in [0.2, 0.25) is 0 Å². The fourth-order valence-corrected chi connectivity index (χ4v) is 13.8. The molecule has 16 rings (SSSR count). The number of fused-ring (bicyclic) bond motifs is 9. The fourth-order valence-electron chi connectivity index (χ4n) is 13.8. The predicted molar refractivity (Wildman–Crippen MR) is 360 cm³/mol. The summed E-state index contributed by atoms with van der Waals surface area (Å²) in [5.41, 5.74) is 20.2. The molecule has 5 heteroatoms. The van der Waals surface area contributed by atoms with Crippen LogP contribution >= 0.6 is 0 Å². The van der Waals surface area contributed by atoms with Crippen molar-refractivity contribution in [2.45, 2.75) is 5.41 Å². The summed E-state index contributed by atoms with van der Waals surface area (Å²) < 4.78 is 38.6. The van der Waals surface area contributed by atoms with Gasteiger partial charge in [0.1, 0.15) is 22.8 Å². The Kier molecular flexibility index (Phi) is 12.8. The van der Waals surface area contributed by atoms with Gasteiger partial charge in [0.25, 0.3) is 0 Å². The van der Waals surface area contributed by atoms with Gasteiger partial charge >= 0.3 is 0 Å². The van der Waals surface area contributed by atoms with Gasteiger partial charge in [-0.05, 0) is 158 Å². The van der Waals surface area contributed by atoms with Crippen LogP contribution in [0.15, 0.2) is 332 Å². The molecule has 0 amide bonds. The Morgan fingerprint density at radius 2 is 0.670 bits per heavy atom. The molecule has 0 aliphatic heterocycles. The van der Waals surface area contributed by atoms with Gasteiger partial charge in [-0.25, -0.2) is 8.78 Å². The van der Waals surface area contributed by atoms with Crippen LogP contribution in [-0.2, 0) is 5.41 Å². The smallest absolute Gasteiger partial charge is 0.145 e. The highest BCUT2D eigenvalue weighted by atomic mass is 19.1. The van der Waals surface area contributed by atoms with Crippen LogP contribution in [0.3, 0.4) is 0 Å². The maximum atomic E-state index is 15.6. The molecular formula is C83H54F2N2O. The summed E-state index contributed by atoms with van der Waals surface area (Å²) in [6.45, 7) is 0. The first-order chi connectivity index (χ1) is 43.5. The molecule has 0 radical (unpaired) electrons. The second-order valence-corrected chi connectivity index (χ2v) is 22.5. The van der Waals surface area contributed by atoms with E-state index >= 15 is 8.78 Å². The third-order valence-electron chi connectivity index (χ3n) is 17.6. The third-order valence-corrected chi connectivity index (χ3v) is 17.6. The summed E-state index contributed by atoms with van der Waals surface area (Å²) in [7, 11) is 0. The molecule has 15 aromatic rings. The van der Waals surface area contributed by atoms with Gasteiger partial charge in [-0.1, -0.05) is 237 Å². The number of rotatable bonds is 12. The van der Waals surface area contributed by atoms with Crippen LogP contribution in [0.4, 0.5) is 42.9 Å². The lowest BCUT2D eigenvalue weighted by Crippen LogP contribution is -2.29. The first-order valence-corrected chi connectivity index (χ1v) is 29.8. The Labute approximate surface area is 509 Å². The van der Waals surface area contributed by atoms with Crippen molar-refractivity contribution in [3.63, 3.8) is 0 Å². The number of hydrogen-bond donors (Lipinski definition) is 0. The van der Waals surface area contributed by atoms with Gasteiger partial charge in [-0.2, -0.15) is 0 Å². The molecule has 0 bridgehead atoms. The van der Waals surface area contributed by atoms with Gasteiger partial charge in [0.15, 0.2) is 0 Å². The Morgan fingerprint density at radius 3 is 1.16 bits per heavy atom. The molecule has 416 valence electrons. The number of para-hydroxylation sites is 1. The van der Waals surface area contributed by atoms with Crippen molar-refractivity contribution in [2.75, 3.05) is 9.80 Å². The SMILES string of the molecule is Fc1ccc(N(c2ccc(-c3ccccc3)cc2-c2ccccc2)c2cc3c(c4ccccc24)-c2c(cc(N(c4ccc(F)cc4)c4ccc(-c5ccccc5)cc4-c4ccccc4)c4c2oc2ccccc24)C3(c2ccccc2)c2ccccc2)cc1. The molecule has 0 atom stereocenters. The number of halogens is 2. The molecule has 0 saturated heterocycles. The van der Waals surface area contributed by atoms with Crippen molar-refractivity contribution < 1.29 is 13.2 Å². The van der Waals surface area contributed by atoms with Gasteiger partial charge in [0.05, 0.1) is 33.6 Å². The van der Waals surface area contributed by atoms with Crippen molar-refractivity contribution in [1.82, 2.24) is 0 Å². The standard InChI is InChI=1S/C83H54F2N2O/c84-63-41-45-65(46-42-63)86(74-49-39-59(55-23-7-1-8-24-55)51-70(74)57-27-11-3-12-28-57)76-53-72-79(68-36-20-19-35-67(68)76)81-73(83(72,61-31-15-5-16-32-61)62-33-17-6-18-34-62)54-77(80-69-37-21-22-38-78(69)88-82(80)81)87(66-47-43-64(85)44-48-66)75-50-40-60(56-25-9-2-10-26-56)52-71(75)58-29-13-4-14-30-58/h1-54H. The van der Waals surface area contributed by atoms with E-state index in [0.29, 0.717) is 0 Å². The van der Waals surface area contributed by atoms with E-state index in [1.165, 1.54) is 0 Å². The normalized spacial score (nSPS) is 12.3. The van der Waals surface area contributed by atoms with Crippen LogP contribution in [0, 0.1) is 11.6 Å². The molecule has 1 aliphatic carbocycles. The molecule has 1 aliphatic rings. The zero-order valence-electron chi connectivity index (χ0n) is 47.7. The number of furan rings is 1. The Morgan fingerprint density at radius 1 is 0.284 bits per heavy atom. The van der Waals surface area contributed by atoms with Crippen LogP contribution in [-0.4, -0.2) is 0 Å². The Bertz CT molecular complexity index is 5030. The average molecular weight is 1130 g/mol. The van der Waals surface area contributed by atoms with Crippen molar-refractivity contribution in [1.29, 1.82) is 0 Å². The zero-order valence-corrected chi connectivity index (χ0v) is 47.7. The number of hydrogen-bond acceptors (Lipinski definition) is 3. The van der Waals surface area contributed by atoms with E-state index in [1.54, 1.807) is 24.3 Å². The van der Waals surface area contributed by atoms with Gasteiger partial charge in [0, 0.05) is 38.8 Å². The van der Waals surface area contributed by atoms with E-state index < -0.39 is 5.41 Å². The van der Waals surface area contributed by atoms with E-state index in [-0.39, 0.29) is 11.6 Å². The summed E-state index contributed by atoms with van der Waals surface area (Å²) in [4.78, 5) is 4.64. The number of nitrogens with zero attached hydrogens (tertiary/aromatic N) is 2.